The van der Waals surface area contributed by atoms with Crippen molar-refractivity contribution in [1.29, 1.82) is 0 Å². The lowest BCUT2D eigenvalue weighted by atomic mass is 9.89. The minimum absolute atomic E-state index is 0.432. The first-order chi connectivity index (χ1) is 10.4. The lowest BCUT2D eigenvalue weighted by Gasteiger charge is -2.30. The molecule has 3 rings (SSSR count). The zero-order chi connectivity index (χ0) is 14.5. The Morgan fingerprint density at radius 2 is 2.10 bits per heavy atom. The largest absolute Gasteiger partial charge is 0.441 e. The summed E-state index contributed by atoms with van der Waals surface area (Å²) in [5.41, 5.74) is 1.84. The third kappa shape index (κ3) is 3.63. The summed E-state index contributed by atoms with van der Waals surface area (Å²) in [6, 6.07) is 8.41. The van der Waals surface area contributed by atoms with Gasteiger partial charge in [0.1, 0.15) is 5.52 Å². The standard InChI is InChI=1S/C17H24N2O2/c1-2-9-18-15(13-7-10-20-11-8-13)12-17-19-14-5-3-4-6-16(14)21-17/h3-6,13,15,18H,2,7-12H2,1H3. The second kappa shape index (κ2) is 7.05. The summed E-state index contributed by atoms with van der Waals surface area (Å²) < 4.78 is 11.4. The third-order valence-corrected chi connectivity index (χ3v) is 4.22. The molecule has 0 spiro atoms. The van der Waals surface area contributed by atoms with Crippen molar-refractivity contribution in [3.8, 4) is 0 Å². The second-order valence-electron chi connectivity index (χ2n) is 5.79. The molecule has 1 aliphatic rings. The summed E-state index contributed by atoms with van der Waals surface area (Å²) >= 11 is 0. The average Bonchev–Trinajstić information content (AvgIpc) is 2.94. The van der Waals surface area contributed by atoms with Crippen LogP contribution in [0, 0.1) is 5.92 Å². The number of fused-ring (bicyclic) bond motifs is 1. The highest BCUT2D eigenvalue weighted by Gasteiger charge is 2.25. The van der Waals surface area contributed by atoms with Gasteiger partial charge in [0.05, 0.1) is 0 Å². The predicted molar refractivity (Wildman–Crippen MR) is 83.3 cm³/mol. The van der Waals surface area contributed by atoms with Gasteiger partial charge in [0.2, 0.25) is 0 Å². The maximum absolute atomic E-state index is 5.89. The van der Waals surface area contributed by atoms with E-state index in [9.17, 15) is 0 Å². The topological polar surface area (TPSA) is 47.3 Å². The Balaban J connectivity index is 1.72. The van der Waals surface area contributed by atoms with Gasteiger partial charge in [0, 0.05) is 25.7 Å². The molecule has 1 aliphatic heterocycles. The lowest BCUT2D eigenvalue weighted by Crippen LogP contribution is -2.41. The van der Waals surface area contributed by atoms with Crippen molar-refractivity contribution < 1.29 is 9.15 Å². The minimum atomic E-state index is 0.432. The van der Waals surface area contributed by atoms with Gasteiger partial charge in [-0.05, 0) is 43.9 Å². The molecule has 0 amide bonds. The molecule has 1 saturated heterocycles. The summed E-state index contributed by atoms with van der Waals surface area (Å²) in [7, 11) is 0. The molecule has 1 N–H and O–H groups in total. The fourth-order valence-corrected chi connectivity index (χ4v) is 3.05. The van der Waals surface area contributed by atoms with E-state index in [0.29, 0.717) is 12.0 Å². The summed E-state index contributed by atoms with van der Waals surface area (Å²) in [6.07, 6.45) is 4.26. The molecule has 0 bridgehead atoms. The van der Waals surface area contributed by atoms with Gasteiger partial charge in [-0.3, -0.25) is 0 Å². The van der Waals surface area contributed by atoms with Crippen LogP contribution in [0.3, 0.4) is 0 Å². The van der Waals surface area contributed by atoms with Gasteiger partial charge in [-0.25, -0.2) is 4.98 Å². The summed E-state index contributed by atoms with van der Waals surface area (Å²) in [5, 5.41) is 3.68. The van der Waals surface area contributed by atoms with E-state index in [2.05, 4.69) is 17.2 Å². The van der Waals surface area contributed by atoms with Gasteiger partial charge in [-0.15, -0.1) is 0 Å². The SMILES string of the molecule is CCCNC(Cc1nc2ccccc2o1)C1CCOCC1. The van der Waals surface area contributed by atoms with Crippen LogP contribution in [0.2, 0.25) is 0 Å². The quantitative estimate of drug-likeness (QED) is 0.887. The third-order valence-electron chi connectivity index (χ3n) is 4.22. The molecule has 1 fully saturated rings. The van der Waals surface area contributed by atoms with E-state index in [1.165, 1.54) is 0 Å². The van der Waals surface area contributed by atoms with E-state index in [1.54, 1.807) is 0 Å². The summed E-state index contributed by atoms with van der Waals surface area (Å²) in [6.45, 7) is 5.00. The van der Waals surface area contributed by atoms with Crippen LogP contribution in [0.15, 0.2) is 28.7 Å². The van der Waals surface area contributed by atoms with E-state index < -0.39 is 0 Å². The van der Waals surface area contributed by atoms with E-state index >= 15 is 0 Å². The number of hydrogen-bond donors (Lipinski definition) is 1. The molecule has 4 heteroatoms. The highest BCUT2D eigenvalue weighted by Crippen LogP contribution is 2.23. The Kier molecular flexibility index (Phi) is 4.88. The molecule has 1 aromatic carbocycles. The Labute approximate surface area is 125 Å². The van der Waals surface area contributed by atoms with E-state index in [4.69, 9.17) is 9.15 Å². The van der Waals surface area contributed by atoms with E-state index in [1.807, 2.05) is 24.3 Å². The predicted octanol–water partition coefficient (Wildman–Crippen LogP) is 3.17. The van der Waals surface area contributed by atoms with Crippen molar-refractivity contribution in [1.82, 2.24) is 10.3 Å². The molecule has 0 aliphatic carbocycles. The van der Waals surface area contributed by atoms with E-state index in [0.717, 1.165) is 62.4 Å². The van der Waals surface area contributed by atoms with Crippen LogP contribution in [-0.4, -0.2) is 30.8 Å². The highest BCUT2D eigenvalue weighted by atomic mass is 16.5. The van der Waals surface area contributed by atoms with Gasteiger partial charge < -0.3 is 14.5 Å². The second-order valence-corrected chi connectivity index (χ2v) is 5.79. The monoisotopic (exact) mass is 288 g/mol. The first-order valence-electron chi connectivity index (χ1n) is 8.02. The van der Waals surface area contributed by atoms with Crippen molar-refractivity contribution in [2.75, 3.05) is 19.8 Å². The molecule has 0 radical (unpaired) electrons. The normalized spacial score (nSPS) is 18.1. The van der Waals surface area contributed by atoms with Crippen molar-refractivity contribution in [3.05, 3.63) is 30.2 Å². The van der Waals surface area contributed by atoms with Crippen molar-refractivity contribution in [2.24, 2.45) is 5.92 Å². The number of benzene rings is 1. The van der Waals surface area contributed by atoms with Gasteiger partial charge in [-0.2, -0.15) is 0 Å². The number of oxazole rings is 1. The van der Waals surface area contributed by atoms with Crippen LogP contribution in [0.5, 0.6) is 0 Å². The number of ether oxygens (including phenoxy) is 1. The molecular formula is C17H24N2O2. The fraction of sp³-hybridized carbons (Fsp3) is 0.588. The summed E-state index contributed by atoms with van der Waals surface area (Å²) in [5.74, 6) is 1.50. The number of para-hydroxylation sites is 2. The van der Waals surface area contributed by atoms with Crippen LogP contribution < -0.4 is 5.32 Å². The number of rotatable bonds is 6. The van der Waals surface area contributed by atoms with Gasteiger partial charge >= 0.3 is 0 Å². The zero-order valence-electron chi connectivity index (χ0n) is 12.7. The number of nitrogens with zero attached hydrogens (tertiary/aromatic N) is 1. The van der Waals surface area contributed by atoms with Gasteiger partial charge in [0.25, 0.3) is 0 Å². The molecule has 1 unspecified atom stereocenters. The molecule has 21 heavy (non-hydrogen) atoms. The number of aromatic nitrogens is 1. The first-order valence-corrected chi connectivity index (χ1v) is 8.02. The Morgan fingerprint density at radius 3 is 2.86 bits per heavy atom. The summed E-state index contributed by atoms with van der Waals surface area (Å²) in [4.78, 5) is 4.62. The maximum Gasteiger partial charge on any atom is 0.197 e. The molecule has 2 heterocycles. The smallest absolute Gasteiger partial charge is 0.197 e. The molecule has 114 valence electrons. The molecular weight excluding hydrogens is 264 g/mol. The fourth-order valence-electron chi connectivity index (χ4n) is 3.05. The number of nitrogens with one attached hydrogen (secondary N) is 1. The highest BCUT2D eigenvalue weighted by molar-refractivity contribution is 5.72. The average molecular weight is 288 g/mol. The van der Waals surface area contributed by atoms with Crippen LogP contribution >= 0.6 is 0 Å². The van der Waals surface area contributed by atoms with Crippen molar-refractivity contribution in [2.45, 2.75) is 38.6 Å². The molecule has 1 aromatic heterocycles. The Morgan fingerprint density at radius 1 is 1.29 bits per heavy atom. The minimum Gasteiger partial charge on any atom is -0.441 e. The van der Waals surface area contributed by atoms with Crippen molar-refractivity contribution in [3.63, 3.8) is 0 Å². The van der Waals surface area contributed by atoms with Crippen LogP contribution in [0.25, 0.3) is 11.1 Å². The molecule has 1 atom stereocenters. The van der Waals surface area contributed by atoms with E-state index in [-0.39, 0.29) is 0 Å². The maximum atomic E-state index is 5.89. The zero-order valence-corrected chi connectivity index (χ0v) is 12.7. The van der Waals surface area contributed by atoms with Crippen LogP contribution in [0.1, 0.15) is 32.1 Å². The van der Waals surface area contributed by atoms with Gasteiger partial charge in [0.15, 0.2) is 11.5 Å². The molecule has 0 saturated carbocycles. The van der Waals surface area contributed by atoms with Crippen molar-refractivity contribution >= 4 is 11.1 Å². The first kappa shape index (κ1) is 14.5. The van der Waals surface area contributed by atoms with Gasteiger partial charge in [-0.1, -0.05) is 19.1 Å². The number of hydrogen-bond acceptors (Lipinski definition) is 4. The Bertz CT molecular complexity index is 528. The Hall–Kier alpha value is -1.39. The molecule has 2 aromatic rings. The molecule has 4 nitrogen and oxygen atoms in total. The lowest BCUT2D eigenvalue weighted by molar-refractivity contribution is 0.0530. The van der Waals surface area contributed by atoms with Crippen LogP contribution in [-0.2, 0) is 11.2 Å². The van der Waals surface area contributed by atoms with Crippen LogP contribution in [0.4, 0.5) is 0 Å².